The van der Waals surface area contributed by atoms with Gasteiger partial charge in [-0.2, -0.15) is 0 Å². The lowest BCUT2D eigenvalue weighted by Crippen LogP contribution is -1.96. The number of nitrogens with zero attached hydrogens (tertiary/aromatic N) is 3. The highest BCUT2D eigenvalue weighted by Crippen LogP contribution is 2.43. The SMILES string of the molecule is C=N/C(=C\C=C/C)c1cc(-c2nc(-c3ccc4c(c3)sc3ccccc34)c3oc4ccccc4c3n2)cc(-c2cccc3c2sc2ccccc23)c1. The molecule has 0 atom stereocenters. The lowest BCUT2D eigenvalue weighted by Gasteiger charge is -2.12. The molecule has 246 valence electrons. The third-order valence-corrected chi connectivity index (χ3v) is 12.0. The van der Waals surface area contributed by atoms with Gasteiger partial charge in [0.2, 0.25) is 0 Å². The number of thiophene rings is 2. The minimum Gasteiger partial charge on any atom is -0.452 e. The Morgan fingerprint density at radius 3 is 2.19 bits per heavy atom. The van der Waals surface area contributed by atoms with Crippen LogP contribution in [0.3, 0.4) is 0 Å². The fourth-order valence-electron chi connectivity index (χ4n) is 7.25. The van der Waals surface area contributed by atoms with Crippen molar-refractivity contribution in [3.8, 4) is 33.8 Å². The van der Waals surface area contributed by atoms with Gasteiger partial charge >= 0.3 is 0 Å². The Morgan fingerprint density at radius 2 is 1.37 bits per heavy atom. The highest BCUT2D eigenvalue weighted by atomic mass is 32.1. The van der Waals surface area contributed by atoms with Crippen molar-refractivity contribution in [2.24, 2.45) is 4.99 Å². The summed E-state index contributed by atoms with van der Waals surface area (Å²) >= 11 is 3.62. The van der Waals surface area contributed by atoms with Crippen LogP contribution in [0, 0.1) is 0 Å². The monoisotopic (exact) mass is 703 g/mol. The van der Waals surface area contributed by atoms with Crippen molar-refractivity contribution < 1.29 is 4.42 Å². The second-order valence-electron chi connectivity index (χ2n) is 12.8. The number of para-hydroxylation sites is 1. The molecule has 10 aromatic rings. The molecular weight excluding hydrogens is 675 g/mol. The molecule has 0 saturated carbocycles. The number of allylic oxidation sites excluding steroid dienone is 3. The maximum absolute atomic E-state index is 6.53. The van der Waals surface area contributed by atoms with Gasteiger partial charge in [-0.05, 0) is 79.4 Å². The van der Waals surface area contributed by atoms with E-state index in [0.29, 0.717) is 11.4 Å². The standard InChI is InChI=1S/C46H29N3OS2/c1-3-4-17-37(47-2)29-23-28(31-15-11-16-35-33-13-7-10-20-40(33)52-45(31)35)24-30(25-29)46-48-42(44-43(49-46)36-14-5-8-18-38(36)50-44)27-21-22-34-32-12-6-9-19-39(32)51-41(34)26-27/h3-26H,2H2,1H3/b4-3-,37-17-. The van der Waals surface area contributed by atoms with Crippen molar-refractivity contribution in [2.45, 2.75) is 6.92 Å². The smallest absolute Gasteiger partial charge is 0.180 e. The van der Waals surface area contributed by atoms with E-state index in [4.69, 9.17) is 14.4 Å². The largest absolute Gasteiger partial charge is 0.452 e. The minimum atomic E-state index is 0.617. The Morgan fingerprint density at radius 1 is 0.654 bits per heavy atom. The molecular formula is C46H29N3OS2. The van der Waals surface area contributed by atoms with Crippen molar-refractivity contribution in [3.05, 3.63) is 151 Å². The molecule has 4 aromatic heterocycles. The number of hydrogen-bond donors (Lipinski definition) is 0. The van der Waals surface area contributed by atoms with Crippen LogP contribution in [0.2, 0.25) is 0 Å². The average Bonchev–Trinajstić information content (AvgIpc) is 3.88. The van der Waals surface area contributed by atoms with Gasteiger partial charge in [-0.1, -0.05) is 91.0 Å². The van der Waals surface area contributed by atoms with Crippen LogP contribution in [0.1, 0.15) is 12.5 Å². The maximum atomic E-state index is 6.53. The molecule has 52 heavy (non-hydrogen) atoms. The minimum absolute atomic E-state index is 0.617. The Kier molecular flexibility index (Phi) is 7.20. The molecule has 0 aliphatic carbocycles. The van der Waals surface area contributed by atoms with Gasteiger partial charge in [-0.25, -0.2) is 9.97 Å². The van der Waals surface area contributed by atoms with Crippen LogP contribution in [0.5, 0.6) is 0 Å². The molecule has 10 rings (SSSR count). The van der Waals surface area contributed by atoms with Gasteiger partial charge in [0.15, 0.2) is 11.4 Å². The summed E-state index contributed by atoms with van der Waals surface area (Å²) in [6.07, 6.45) is 5.98. The van der Waals surface area contributed by atoms with E-state index < -0.39 is 0 Å². The van der Waals surface area contributed by atoms with Gasteiger partial charge in [-0.15, -0.1) is 22.7 Å². The quantitative estimate of drug-likeness (QED) is 0.128. The van der Waals surface area contributed by atoms with E-state index in [-0.39, 0.29) is 0 Å². The van der Waals surface area contributed by atoms with Crippen LogP contribution in [-0.4, -0.2) is 16.7 Å². The van der Waals surface area contributed by atoms with Gasteiger partial charge in [0.1, 0.15) is 16.8 Å². The highest BCUT2D eigenvalue weighted by molar-refractivity contribution is 7.26. The molecule has 0 saturated heterocycles. The Hall–Kier alpha value is -6.21. The number of aliphatic imine (C=N–C) groups is 1. The summed E-state index contributed by atoms with van der Waals surface area (Å²) in [5.74, 6) is 0.617. The van der Waals surface area contributed by atoms with Gasteiger partial charge in [0.05, 0.1) is 5.70 Å². The maximum Gasteiger partial charge on any atom is 0.180 e. The van der Waals surface area contributed by atoms with Gasteiger partial charge < -0.3 is 4.42 Å². The fourth-order valence-corrected chi connectivity index (χ4v) is 9.63. The number of hydrogen-bond acceptors (Lipinski definition) is 6. The lowest BCUT2D eigenvalue weighted by atomic mass is 9.96. The van der Waals surface area contributed by atoms with Crippen molar-refractivity contribution in [1.29, 1.82) is 0 Å². The number of benzene rings is 6. The molecule has 0 radical (unpaired) electrons. The zero-order valence-electron chi connectivity index (χ0n) is 28.1. The van der Waals surface area contributed by atoms with Crippen molar-refractivity contribution in [1.82, 2.24) is 9.97 Å². The van der Waals surface area contributed by atoms with Crippen LogP contribution in [-0.2, 0) is 0 Å². The Bertz CT molecular complexity index is 3120. The topological polar surface area (TPSA) is 51.3 Å². The van der Waals surface area contributed by atoms with Crippen LogP contribution >= 0.6 is 22.7 Å². The molecule has 0 bridgehead atoms. The second kappa shape index (κ2) is 12.2. The first-order valence-corrected chi connectivity index (χ1v) is 18.8. The van der Waals surface area contributed by atoms with Crippen molar-refractivity contribution >= 4 is 97.5 Å². The summed E-state index contributed by atoms with van der Waals surface area (Å²) < 4.78 is 11.5. The molecule has 6 aromatic carbocycles. The first kappa shape index (κ1) is 30.6. The summed E-state index contributed by atoms with van der Waals surface area (Å²) in [4.78, 5) is 15.1. The van der Waals surface area contributed by atoms with Crippen molar-refractivity contribution in [3.63, 3.8) is 0 Å². The zero-order valence-corrected chi connectivity index (χ0v) is 29.8. The summed E-state index contributed by atoms with van der Waals surface area (Å²) in [7, 11) is 0. The number of fused-ring (bicyclic) bond motifs is 9. The molecule has 6 heteroatoms. The molecule has 0 unspecified atom stereocenters. The third kappa shape index (κ3) is 4.91. The lowest BCUT2D eigenvalue weighted by molar-refractivity contribution is 0.667. The van der Waals surface area contributed by atoms with Gasteiger partial charge in [0.25, 0.3) is 0 Å². The average molecular weight is 704 g/mol. The predicted molar refractivity (Wildman–Crippen MR) is 224 cm³/mol. The van der Waals surface area contributed by atoms with Crippen LogP contribution < -0.4 is 0 Å². The normalized spacial score (nSPS) is 12.4. The summed E-state index contributed by atoms with van der Waals surface area (Å²) in [5, 5.41) is 5.98. The zero-order chi connectivity index (χ0) is 34.8. The van der Waals surface area contributed by atoms with E-state index in [2.05, 4.69) is 121 Å². The summed E-state index contributed by atoms with van der Waals surface area (Å²) in [6, 6.07) is 45.0. The number of aromatic nitrogens is 2. The number of rotatable bonds is 6. The molecule has 0 N–H and O–H groups in total. The molecule has 0 spiro atoms. The second-order valence-corrected chi connectivity index (χ2v) is 14.9. The highest BCUT2D eigenvalue weighted by Gasteiger charge is 2.21. The Balaban J connectivity index is 1.25. The van der Waals surface area contributed by atoms with Crippen LogP contribution in [0.25, 0.3) is 102 Å². The summed E-state index contributed by atoms with van der Waals surface area (Å²) in [6.45, 7) is 5.94. The van der Waals surface area contributed by atoms with E-state index in [9.17, 15) is 0 Å². The first-order chi connectivity index (χ1) is 25.7. The molecule has 4 heterocycles. The molecule has 4 nitrogen and oxygen atoms in total. The fraction of sp³-hybridized carbons (Fsp3) is 0.0217. The van der Waals surface area contributed by atoms with E-state index in [1.54, 1.807) is 11.3 Å². The predicted octanol–water partition coefficient (Wildman–Crippen LogP) is 13.7. The van der Waals surface area contributed by atoms with E-state index >= 15 is 0 Å². The molecule has 0 aliphatic heterocycles. The van der Waals surface area contributed by atoms with E-state index in [0.717, 1.165) is 55.7 Å². The van der Waals surface area contributed by atoms with E-state index in [1.165, 1.54) is 40.3 Å². The van der Waals surface area contributed by atoms with Crippen LogP contribution in [0.4, 0.5) is 0 Å². The van der Waals surface area contributed by atoms with Crippen molar-refractivity contribution in [2.75, 3.05) is 0 Å². The van der Waals surface area contributed by atoms with E-state index in [1.807, 2.05) is 54.7 Å². The molecule has 0 fully saturated rings. The van der Waals surface area contributed by atoms with Crippen LogP contribution in [0.15, 0.2) is 155 Å². The molecule has 0 amide bonds. The third-order valence-electron chi connectivity index (χ3n) is 9.69. The van der Waals surface area contributed by atoms with Gasteiger partial charge in [0, 0.05) is 62.4 Å². The van der Waals surface area contributed by atoms with Gasteiger partial charge in [-0.3, -0.25) is 4.99 Å². The number of furan rings is 1. The summed E-state index contributed by atoms with van der Waals surface area (Å²) in [5.41, 5.74) is 8.82. The Labute approximate surface area is 307 Å². The first-order valence-electron chi connectivity index (χ1n) is 17.1. The molecule has 0 aliphatic rings.